The summed E-state index contributed by atoms with van der Waals surface area (Å²) in [6.07, 6.45) is 2.54. The van der Waals surface area contributed by atoms with E-state index in [0.29, 0.717) is 16.4 Å². The first kappa shape index (κ1) is 11.7. The molecule has 0 bridgehead atoms. The number of primary amides is 1. The maximum Gasteiger partial charge on any atom is 0.249 e. The fourth-order valence-corrected chi connectivity index (χ4v) is 1.55. The first-order chi connectivity index (χ1) is 7.06. The lowest BCUT2D eigenvalue weighted by Crippen LogP contribution is -2.14. The van der Waals surface area contributed by atoms with E-state index in [0.717, 1.165) is 12.0 Å². The van der Waals surface area contributed by atoms with Crippen LogP contribution in [0.1, 0.15) is 24.6 Å². The number of aromatic nitrogens is 1. The normalized spacial score (nSPS) is 11.5. The van der Waals surface area contributed by atoms with Crippen molar-refractivity contribution in [3.8, 4) is 0 Å². The molecular formula is C11H13ClN2O. The molecule has 0 aliphatic rings. The number of rotatable bonds is 3. The van der Waals surface area contributed by atoms with Gasteiger partial charge in [-0.1, -0.05) is 24.6 Å². The molecule has 1 rings (SSSR count). The molecule has 1 aromatic rings. The van der Waals surface area contributed by atoms with Gasteiger partial charge in [0.05, 0.1) is 0 Å². The lowest BCUT2D eigenvalue weighted by atomic mass is 10.0. The SMILES string of the molecule is CCC=C(C(N)=O)c1ccc(Cl)nc1C. The molecule has 0 saturated heterocycles. The predicted octanol–water partition coefficient (Wildman–Crippen LogP) is 2.32. The smallest absolute Gasteiger partial charge is 0.249 e. The lowest BCUT2D eigenvalue weighted by molar-refractivity contribution is -0.112. The maximum atomic E-state index is 11.2. The third kappa shape index (κ3) is 2.80. The van der Waals surface area contributed by atoms with Gasteiger partial charge in [-0.15, -0.1) is 0 Å². The molecule has 0 unspecified atom stereocenters. The highest BCUT2D eigenvalue weighted by Crippen LogP contribution is 2.19. The van der Waals surface area contributed by atoms with Crippen LogP contribution in [-0.4, -0.2) is 10.9 Å². The molecule has 0 fully saturated rings. The molecule has 0 spiro atoms. The molecule has 0 aliphatic carbocycles. The number of allylic oxidation sites excluding steroid dienone is 1. The van der Waals surface area contributed by atoms with Crippen LogP contribution in [0.3, 0.4) is 0 Å². The predicted molar refractivity (Wildman–Crippen MR) is 61.4 cm³/mol. The molecule has 15 heavy (non-hydrogen) atoms. The third-order valence-electron chi connectivity index (χ3n) is 2.02. The van der Waals surface area contributed by atoms with Gasteiger partial charge in [-0.3, -0.25) is 4.79 Å². The van der Waals surface area contributed by atoms with Crippen LogP contribution in [0.4, 0.5) is 0 Å². The second-order valence-corrected chi connectivity index (χ2v) is 3.54. The Morgan fingerprint density at radius 2 is 2.27 bits per heavy atom. The molecule has 0 aliphatic heterocycles. The van der Waals surface area contributed by atoms with Gasteiger partial charge in [0.25, 0.3) is 0 Å². The summed E-state index contributed by atoms with van der Waals surface area (Å²) in [6, 6.07) is 3.41. The fourth-order valence-electron chi connectivity index (χ4n) is 1.36. The van der Waals surface area contributed by atoms with Gasteiger partial charge in [-0.05, 0) is 25.5 Å². The summed E-state index contributed by atoms with van der Waals surface area (Å²) in [7, 11) is 0. The van der Waals surface area contributed by atoms with Gasteiger partial charge in [0.1, 0.15) is 5.15 Å². The second kappa shape index (κ2) is 4.94. The van der Waals surface area contributed by atoms with Crippen LogP contribution < -0.4 is 5.73 Å². The minimum Gasteiger partial charge on any atom is -0.366 e. The maximum absolute atomic E-state index is 11.2. The zero-order valence-electron chi connectivity index (χ0n) is 8.75. The molecule has 0 aromatic carbocycles. The van der Waals surface area contributed by atoms with Crippen molar-refractivity contribution < 1.29 is 4.79 Å². The molecule has 0 radical (unpaired) electrons. The molecule has 2 N–H and O–H groups in total. The molecule has 4 heteroatoms. The Balaban J connectivity index is 3.24. The first-order valence-corrected chi connectivity index (χ1v) is 5.07. The summed E-state index contributed by atoms with van der Waals surface area (Å²) in [6.45, 7) is 3.75. The molecule has 1 heterocycles. The Labute approximate surface area is 94.0 Å². The minimum absolute atomic E-state index is 0.413. The van der Waals surface area contributed by atoms with Gasteiger partial charge in [0, 0.05) is 16.8 Å². The molecule has 80 valence electrons. The van der Waals surface area contributed by atoms with E-state index >= 15 is 0 Å². The van der Waals surface area contributed by atoms with E-state index in [4.69, 9.17) is 17.3 Å². The molecule has 0 atom stereocenters. The third-order valence-corrected chi connectivity index (χ3v) is 2.23. The Hall–Kier alpha value is -1.35. The molecular weight excluding hydrogens is 212 g/mol. The van der Waals surface area contributed by atoms with Gasteiger partial charge >= 0.3 is 0 Å². The summed E-state index contributed by atoms with van der Waals surface area (Å²) < 4.78 is 0. The lowest BCUT2D eigenvalue weighted by Gasteiger charge is -2.06. The Morgan fingerprint density at radius 1 is 1.60 bits per heavy atom. The monoisotopic (exact) mass is 224 g/mol. The van der Waals surface area contributed by atoms with Crippen molar-refractivity contribution in [1.29, 1.82) is 0 Å². The number of aryl methyl sites for hydroxylation is 1. The van der Waals surface area contributed by atoms with E-state index in [1.54, 1.807) is 25.1 Å². The van der Waals surface area contributed by atoms with E-state index in [-0.39, 0.29) is 0 Å². The standard InChI is InChI=1S/C11H13ClN2O/c1-3-4-9(11(13)15)8-5-6-10(12)14-7(8)2/h4-6H,3H2,1-2H3,(H2,13,15). The van der Waals surface area contributed by atoms with Crippen LogP contribution in [0.5, 0.6) is 0 Å². The van der Waals surface area contributed by atoms with E-state index < -0.39 is 5.91 Å². The zero-order valence-corrected chi connectivity index (χ0v) is 9.51. The highest BCUT2D eigenvalue weighted by molar-refractivity contribution is 6.29. The van der Waals surface area contributed by atoms with Crippen molar-refractivity contribution in [2.24, 2.45) is 5.73 Å². The number of amides is 1. The van der Waals surface area contributed by atoms with Gasteiger partial charge in [0.2, 0.25) is 5.91 Å². The van der Waals surface area contributed by atoms with Crippen molar-refractivity contribution in [1.82, 2.24) is 4.98 Å². The van der Waals surface area contributed by atoms with Crippen molar-refractivity contribution in [2.45, 2.75) is 20.3 Å². The highest BCUT2D eigenvalue weighted by Gasteiger charge is 2.11. The summed E-state index contributed by atoms with van der Waals surface area (Å²) in [5, 5.41) is 0.413. The van der Waals surface area contributed by atoms with E-state index in [9.17, 15) is 4.79 Å². The first-order valence-electron chi connectivity index (χ1n) is 4.69. The van der Waals surface area contributed by atoms with Crippen molar-refractivity contribution in [3.05, 3.63) is 34.6 Å². The van der Waals surface area contributed by atoms with Crippen molar-refractivity contribution in [2.75, 3.05) is 0 Å². The Kier molecular flexibility index (Phi) is 3.86. The van der Waals surface area contributed by atoms with Gasteiger partial charge in [0.15, 0.2) is 0 Å². The fraction of sp³-hybridized carbons (Fsp3) is 0.273. The molecule has 0 saturated carbocycles. The van der Waals surface area contributed by atoms with Crippen molar-refractivity contribution in [3.63, 3.8) is 0 Å². The van der Waals surface area contributed by atoms with Crippen LogP contribution in [0, 0.1) is 6.92 Å². The quantitative estimate of drug-likeness (QED) is 0.633. The molecule has 3 nitrogen and oxygen atoms in total. The van der Waals surface area contributed by atoms with E-state index in [2.05, 4.69) is 4.98 Å². The van der Waals surface area contributed by atoms with Crippen molar-refractivity contribution >= 4 is 23.1 Å². The molecule has 1 aromatic heterocycles. The molecule has 1 amide bonds. The van der Waals surface area contributed by atoms with E-state index in [1.807, 2.05) is 6.92 Å². The summed E-state index contributed by atoms with van der Waals surface area (Å²) in [5.74, 6) is -0.441. The number of hydrogen-bond acceptors (Lipinski definition) is 2. The van der Waals surface area contributed by atoms with Crippen LogP contribution in [-0.2, 0) is 4.79 Å². The van der Waals surface area contributed by atoms with Gasteiger partial charge in [-0.25, -0.2) is 4.98 Å². The Morgan fingerprint density at radius 3 is 2.73 bits per heavy atom. The highest BCUT2D eigenvalue weighted by atomic mass is 35.5. The van der Waals surface area contributed by atoms with Crippen LogP contribution >= 0.6 is 11.6 Å². The van der Waals surface area contributed by atoms with Crippen LogP contribution in [0.2, 0.25) is 5.15 Å². The number of nitrogens with two attached hydrogens (primary N) is 1. The number of hydrogen-bond donors (Lipinski definition) is 1. The number of halogens is 1. The van der Waals surface area contributed by atoms with Gasteiger partial charge < -0.3 is 5.73 Å². The topological polar surface area (TPSA) is 56.0 Å². The van der Waals surface area contributed by atoms with Gasteiger partial charge in [-0.2, -0.15) is 0 Å². The average Bonchev–Trinajstić information content (AvgIpc) is 2.15. The van der Waals surface area contributed by atoms with Crippen LogP contribution in [0.25, 0.3) is 5.57 Å². The zero-order chi connectivity index (χ0) is 11.4. The number of carbonyl (C=O) groups excluding carboxylic acids is 1. The largest absolute Gasteiger partial charge is 0.366 e. The summed E-state index contributed by atoms with van der Waals surface area (Å²) in [4.78, 5) is 15.3. The average molecular weight is 225 g/mol. The number of carbonyl (C=O) groups is 1. The van der Waals surface area contributed by atoms with E-state index in [1.165, 1.54) is 0 Å². The van der Waals surface area contributed by atoms with Crippen LogP contribution in [0.15, 0.2) is 18.2 Å². The Bertz CT molecular complexity index is 413. The second-order valence-electron chi connectivity index (χ2n) is 3.16. The summed E-state index contributed by atoms with van der Waals surface area (Å²) in [5.41, 5.74) is 7.25. The number of nitrogens with zero attached hydrogens (tertiary/aromatic N) is 1. The summed E-state index contributed by atoms with van der Waals surface area (Å²) >= 11 is 5.73. The number of pyridine rings is 1. The minimum atomic E-state index is -0.441.